The highest BCUT2D eigenvalue weighted by atomic mass is 16.5. The Balaban J connectivity index is 2.18. The molecule has 0 bridgehead atoms. The van der Waals surface area contributed by atoms with Gasteiger partial charge in [-0.2, -0.15) is 0 Å². The average Bonchev–Trinajstić information content (AvgIpc) is 2.56. The van der Waals surface area contributed by atoms with Crippen LogP contribution in [-0.4, -0.2) is 18.1 Å². The van der Waals surface area contributed by atoms with Gasteiger partial charge in [0.1, 0.15) is 0 Å². The highest BCUT2D eigenvalue weighted by molar-refractivity contribution is 5.96. The van der Waals surface area contributed by atoms with E-state index in [0.29, 0.717) is 0 Å². The topological polar surface area (TPSA) is 51.2 Å². The molecule has 3 aromatic rings. The Bertz CT molecular complexity index is 928. The van der Waals surface area contributed by atoms with Crippen molar-refractivity contribution < 1.29 is 9.53 Å². The van der Waals surface area contributed by atoms with Gasteiger partial charge in [0.25, 0.3) is 0 Å². The standard InChI is InChI=1S/C21H22N2O2/c1-13-9-14(2)11-16(10-13)23-21-17-7-5-6-8-19(17)22-15(3)18(21)12-20(24)25-4/h5-11H,12H2,1-4H3,(H,22,23). The third-order valence-corrected chi connectivity index (χ3v) is 4.24. The first kappa shape index (κ1) is 17.0. The van der Waals surface area contributed by atoms with Gasteiger partial charge in [-0.1, -0.05) is 24.3 Å². The number of benzene rings is 2. The third kappa shape index (κ3) is 3.63. The van der Waals surface area contributed by atoms with Crippen molar-refractivity contribution in [3.63, 3.8) is 0 Å². The van der Waals surface area contributed by atoms with E-state index in [2.05, 4.69) is 42.3 Å². The number of aryl methyl sites for hydroxylation is 3. The van der Waals surface area contributed by atoms with Crippen molar-refractivity contribution >= 4 is 28.2 Å². The number of rotatable bonds is 4. The number of para-hydroxylation sites is 1. The smallest absolute Gasteiger partial charge is 0.310 e. The quantitative estimate of drug-likeness (QED) is 0.707. The second kappa shape index (κ2) is 6.93. The number of hydrogen-bond acceptors (Lipinski definition) is 4. The summed E-state index contributed by atoms with van der Waals surface area (Å²) in [4.78, 5) is 16.6. The number of aromatic nitrogens is 1. The number of ether oxygens (including phenoxy) is 1. The zero-order valence-corrected chi connectivity index (χ0v) is 15.0. The largest absolute Gasteiger partial charge is 0.469 e. The molecular weight excluding hydrogens is 312 g/mol. The number of esters is 1. The van der Waals surface area contributed by atoms with Crippen LogP contribution in [0.4, 0.5) is 11.4 Å². The van der Waals surface area contributed by atoms with Crippen LogP contribution >= 0.6 is 0 Å². The number of nitrogens with one attached hydrogen (secondary N) is 1. The van der Waals surface area contributed by atoms with Crippen molar-refractivity contribution in [3.8, 4) is 0 Å². The van der Waals surface area contributed by atoms with Gasteiger partial charge in [0.15, 0.2) is 0 Å². The summed E-state index contributed by atoms with van der Waals surface area (Å²) in [7, 11) is 1.41. The van der Waals surface area contributed by atoms with E-state index < -0.39 is 0 Å². The number of nitrogens with zero attached hydrogens (tertiary/aromatic N) is 1. The fraction of sp³-hybridized carbons (Fsp3) is 0.238. The summed E-state index contributed by atoms with van der Waals surface area (Å²) in [5.74, 6) is -0.274. The van der Waals surface area contributed by atoms with E-state index in [1.807, 2.05) is 31.2 Å². The van der Waals surface area contributed by atoms with Crippen molar-refractivity contribution in [3.05, 3.63) is 64.8 Å². The molecule has 128 valence electrons. The maximum Gasteiger partial charge on any atom is 0.310 e. The summed E-state index contributed by atoms with van der Waals surface area (Å²) in [6.45, 7) is 6.07. The van der Waals surface area contributed by atoms with E-state index >= 15 is 0 Å². The molecule has 1 N–H and O–H groups in total. The van der Waals surface area contributed by atoms with Crippen LogP contribution in [0.25, 0.3) is 10.9 Å². The first-order valence-electron chi connectivity index (χ1n) is 8.28. The number of hydrogen-bond donors (Lipinski definition) is 1. The maximum absolute atomic E-state index is 11.9. The lowest BCUT2D eigenvalue weighted by Crippen LogP contribution is -2.10. The molecule has 4 heteroatoms. The maximum atomic E-state index is 11.9. The SMILES string of the molecule is COC(=O)Cc1c(C)nc2ccccc2c1Nc1cc(C)cc(C)c1. The monoisotopic (exact) mass is 334 g/mol. The fourth-order valence-electron chi connectivity index (χ4n) is 3.14. The van der Waals surface area contributed by atoms with Gasteiger partial charge in [0.2, 0.25) is 0 Å². The van der Waals surface area contributed by atoms with Crippen molar-refractivity contribution in [1.82, 2.24) is 4.98 Å². The minimum Gasteiger partial charge on any atom is -0.469 e. The summed E-state index contributed by atoms with van der Waals surface area (Å²) in [6.07, 6.45) is 0.188. The highest BCUT2D eigenvalue weighted by Crippen LogP contribution is 2.32. The second-order valence-electron chi connectivity index (χ2n) is 6.32. The molecule has 0 saturated carbocycles. The lowest BCUT2D eigenvalue weighted by atomic mass is 10.0. The van der Waals surface area contributed by atoms with Crippen LogP contribution in [0.15, 0.2) is 42.5 Å². The molecule has 0 fully saturated rings. The minimum absolute atomic E-state index is 0.188. The van der Waals surface area contributed by atoms with Crippen LogP contribution < -0.4 is 5.32 Å². The normalized spacial score (nSPS) is 10.7. The van der Waals surface area contributed by atoms with Crippen molar-refractivity contribution in [1.29, 1.82) is 0 Å². The molecule has 2 aromatic carbocycles. The van der Waals surface area contributed by atoms with Gasteiger partial charge in [0, 0.05) is 22.3 Å². The summed E-state index contributed by atoms with van der Waals surface area (Å²) < 4.78 is 4.87. The zero-order valence-electron chi connectivity index (χ0n) is 15.0. The predicted octanol–water partition coefficient (Wildman–Crippen LogP) is 4.62. The van der Waals surface area contributed by atoms with Gasteiger partial charge in [-0.15, -0.1) is 0 Å². The molecule has 0 amide bonds. The van der Waals surface area contributed by atoms with Gasteiger partial charge in [-0.05, 0) is 50.1 Å². The lowest BCUT2D eigenvalue weighted by molar-refractivity contribution is -0.139. The number of carbonyl (C=O) groups excluding carboxylic acids is 1. The number of pyridine rings is 1. The van der Waals surface area contributed by atoms with Crippen LogP contribution in [0.5, 0.6) is 0 Å². The Morgan fingerprint density at radius 1 is 1.08 bits per heavy atom. The first-order valence-corrected chi connectivity index (χ1v) is 8.28. The number of fused-ring (bicyclic) bond motifs is 1. The van der Waals surface area contributed by atoms with Crippen LogP contribution in [0.2, 0.25) is 0 Å². The molecule has 0 aliphatic rings. The summed E-state index contributed by atoms with van der Waals surface area (Å²) in [6, 6.07) is 14.3. The van der Waals surface area contributed by atoms with Gasteiger partial charge < -0.3 is 10.1 Å². The molecule has 1 heterocycles. The number of methoxy groups -OCH3 is 1. The van der Waals surface area contributed by atoms with Crippen molar-refractivity contribution in [2.45, 2.75) is 27.2 Å². The van der Waals surface area contributed by atoms with Crippen LogP contribution in [0, 0.1) is 20.8 Å². The van der Waals surface area contributed by atoms with Crippen molar-refractivity contribution in [2.75, 3.05) is 12.4 Å². The molecule has 25 heavy (non-hydrogen) atoms. The van der Waals surface area contributed by atoms with E-state index in [1.54, 1.807) is 0 Å². The molecule has 0 saturated heterocycles. The van der Waals surface area contributed by atoms with Gasteiger partial charge >= 0.3 is 5.97 Å². The van der Waals surface area contributed by atoms with Gasteiger partial charge in [0.05, 0.1) is 24.7 Å². The highest BCUT2D eigenvalue weighted by Gasteiger charge is 2.16. The molecular formula is C21H22N2O2. The number of carbonyl (C=O) groups is 1. The summed E-state index contributed by atoms with van der Waals surface area (Å²) in [5.41, 5.74) is 6.89. The van der Waals surface area contributed by atoms with Crippen LogP contribution in [0.1, 0.15) is 22.4 Å². The summed E-state index contributed by atoms with van der Waals surface area (Å²) >= 11 is 0. The molecule has 0 radical (unpaired) electrons. The molecule has 0 atom stereocenters. The molecule has 3 rings (SSSR count). The molecule has 4 nitrogen and oxygen atoms in total. The molecule has 0 spiro atoms. The van der Waals surface area contributed by atoms with E-state index in [9.17, 15) is 4.79 Å². The van der Waals surface area contributed by atoms with E-state index in [4.69, 9.17) is 4.74 Å². The number of anilines is 2. The third-order valence-electron chi connectivity index (χ3n) is 4.24. The van der Waals surface area contributed by atoms with E-state index in [1.165, 1.54) is 18.2 Å². The summed E-state index contributed by atoms with van der Waals surface area (Å²) in [5, 5.41) is 4.51. The lowest BCUT2D eigenvalue weighted by Gasteiger charge is -2.17. The molecule has 0 aliphatic heterocycles. The van der Waals surface area contributed by atoms with Crippen LogP contribution in [-0.2, 0) is 16.0 Å². The van der Waals surface area contributed by atoms with E-state index in [-0.39, 0.29) is 12.4 Å². The Hall–Kier alpha value is -2.88. The first-order chi connectivity index (χ1) is 12.0. The second-order valence-corrected chi connectivity index (χ2v) is 6.32. The molecule has 1 aromatic heterocycles. The van der Waals surface area contributed by atoms with Gasteiger partial charge in [-0.3, -0.25) is 9.78 Å². The molecule has 0 aliphatic carbocycles. The minimum atomic E-state index is -0.274. The van der Waals surface area contributed by atoms with Crippen LogP contribution in [0.3, 0.4) is 0 Å². The predicted molar refractivity (Wildman–Crippen MR) is 101 cm³/mol. The Morgan fingerprint density at radius 2 is 1.76 bits per heavy atom. The molecule has 0 unspecified atom stereocenters. The van der Waals surface area contributed by atoms with Gasteiger partial charge in [-0.25, -0.2) is 0 Å². The Kier molecular flexibility index (Phi) is 4.70. The van der Waals surface area contributed by atoms with Crippen molar-refractivity contribution in [2.24, 2.45) is 0 Å². The Labute approximate surface area is 147 Å². The average molecular weight is 334 g/mol. The Morgan fingerprint density at radius 3 is 2.44 bits per heavy atom. The zero-order chi connectivity index (χ0) is 18.0. The van der Waals surface area contributed by atoms with E-state index in [0.717, 1.165) is 33.5 Å². The fourth-order valence-corrected chi connectivity index (χ4v) is 3.14.